The van der Waals surface area contributed by atoms with Crippen LogP contribution in [0.15, 0.2) is 40.3 Å². The molecule has 1 aromatic rings. The summed E-state index contributed by atoms with van der Waals surface area (Å²) >= 11 is 0. The van der Waals surface area contributed by atoms with Crippen molar-refractivity contribution in [1.82, 2.24) is 4.90 Å². The molecule has 2 aliphatic rings. The molecule has 0 bridgehead atoms. The van der Waals surface area contributed by atoms with Gasteiger partial charge < -0.3 is 5.73 Å². The molecule has 1 aliphatic carbocycles. The molecule has 2 fully saturated rings. The second-order valence-corrected chi connectivity index (χ2v) is 11.0. The Morgan fingerprint density at radius 2 is 1.85 bits per heavy atom. The lowest BCUT2D eigenvalue weighted by atomic mass is 9.82. The minimum atomic E-state index is 0.519. The molecule has 1 saturated carbocycles. The van der Waals surface area contributed by atoms with Gasteiger partial charge in [-0.3, -0.25) is 4.90 Å². The number of nitrogens with two attached hydrogens (primary N) is 1. The summed E-state index contributed by atoms with van der Waals surface area (Å²) in [5.74, 6) is 3.56. The molecule has 2 N–H and O–H groups in total. The fourth-order valence-corrected chi connectivity index (χ4v) is 5.62. The Morgan fingerprint density at radius 1 is 1.15 bits per heavy atom. The zero-order valence-electron chi connectivity index (χ0n) is 22.3. The van der Waals surface area contributed by atoms with E-state index in [1.165, 1.54) is 68.3 Å². The van der Waals surface area contributed by atoms with E-state index in [0.29, 0.717) is 17.7 Å². The van der Waals surface area contributed by atoms with Crippen LogP contribution >= 0.6 is 0 Å². The van der Waals surface area contributed by atoms with E-state index in [1.807, 2.05) is 0 Å². The smallest absolute Gasteiger partial charge is 0.131 e. The summed E-state index contributed by atoms with van der Waals surface area (Å²) in [7, 11) is 0. The zero-order chi connectivity index (χ0) is 24.5. The third-order valence-corrected chi connectivity index (χ3v) is 7.77. The number of rotatable bonds is 11. The lowest BCUT2D eigenvalue weighted by Crippen LogP contribution is -2.24. The first-order valence-corrected chi connectivity index (χ1v) is 13.8. The van der Waals surface area contributed by atoms with Gasteiger partial charge in [0.1, 0.15) is 11.7 Å². The third kappa shape index (κ3) is 8.08. The molecule has 188 valence electrons. The van der Waals surface area contributed by atoms with Gasteiger partial charge in [0.05, 0.1) is 5.69 Å². The summed E-state index contributed by atoms with van der Waals surface area (Å²) in [5, 5.41) is 0. The highest BCUT2D eigenvalue weighted by atomic mass is 15.1. The Morgan fingerprint density at radius 3 is 2.47 bits per heavy atom. The molecule has 34 heavy (non-hydrogen) atoms. The molecule has 0 radical (unpaired) electrons. The molecular weight excluding hydrogens is 416 g/mol. The summed E-state index contributed by atoms with van der Waals surface area (Å²) in [5.41, 5.74) is 11.2. The maximum Gasteiger partial charge on any atom is 0.131 e. The van der Waals surface area contributed by atoms with Crippen molar-refractivity contribution in [1.29, 1.82) is 0 Å². The largest absolute Gasteiger partial charge is 0.387 e. The van der Waals surface area contributed by atoms with E-state index >= 15 is 0 Å². The van der Waals surface area contributed by atoms with Crippen LogP contribution in [-0.4, -0.2) is 36.2 Å². The molecule has 0 aromatic heterocycles. The second-order valence-electron chi connectivity index (χ2n) is 11.0. The van der Waals surface area contributed by atoms with Crippen LogP contribution in [0.25, 0.3) is 0 Å². The predicted octanol–water partition coefficient (Wildman–Crippen LogP) is 7.54. The number of amidine groups is 2. The van der Waals surface area contributed by atoms with Crippen LogP contribution in [0, 0.1) is 18.8 Å². The number of benzene rings is 1. The highest BCUT2D eigenvalue weighted by Crippen LogP contribution is 2.37. The first kappa shape index (κ1) is 26.7. The number of hydrogen-bond donors (Lipinski definition) is 1. The Kier molecular flexibility index (Phi) is 10.4. The molecule has 1 aromatic carbocycles. The van der Waals surface area contributed by atoms with Crippen molar-refractivity contribution in [2.75, 3.05) is 19.6 Å². The maximum absolute atomic E-state index is 6.18. The summed E-state index contributed by atoms with van der Waals surface area (Å²) in [6.07, 6.45) is 12.1. The fourth-order valence-electron chi connectivity index (χ4n) is 5.62. The molecule has 4 heteroatoms. The van der Waals surface area contributed by atoms with Crippen LogP contribution in [0.4, 0.5) is 5.69 Å². The molecule has 0 spiro atoms. The van der Waals surface area contributed by atoms with Gasteiger partial charge in [0.25, 0.3) is 0 Å². The van der Waals surface area contributed by atoms with Crippen LogP contribution < -0.4 is 5.73 Å². The van der Waals surface area contributed by atoms with E-state index in [9.17, 15) is 0 Å². The van der Waals surface area contributed by atoms with Crippen molar-refractivity contribution in [2.24, 2.45) is 27.6 Å². The standard InChI is InChI=1S/C30H48N4/c1-6-29(31)33-30(32-28-15-13-26(22(2)3)20-24(28)5)16-14-27(25-11-7-8-12-25)19-23(4)21-34-17-9-10-18-34/h13,15,20,22,25,27H,4,6-12,14,16-19,21H2,1-3,5H3,(H2,31,32,33). The Labute approximate surface area is 208 Å². The van der Waals surface area contributed by atoms with E-state index in [0.717, 1.165) is 49.7 Å². The first-order chi connectivity index (χ1) is 16.4. The molecule has 3 rings (SSSR count). The Hall–Kier alpha value is -1.94. The van der Waals surface area contributed by atoms with Crippen molar-refractivity contribution in [3.8, 4) is 0 Å². The predicted molar refractivity (Wildman–Crippen MR) is 148 cm³/mol. The van der Waals surface area contributed by atoms with Crippen LogP contribution in [0.3, 0.4) is 0 Å². The molecular formula is C30H48N4. The topological polar surface area (TPSA) is 54.0 Å². The number of aryl methyl sites for hydroxylation is 1. The molecule has 0 amide bonds. The van der Waals surface area contributed by atoms with Gasteiger partial charge in [-0.25, -0.2) is 9.98 Å². The Bertz CT molecular complexity index is 855. The minimum absolute atomic E-state index is 0.519. The van der Waals surface area contributed by atoms with Crippen LogP contribution in [0.5, 0.6) is 0 Å². The minimum Gasteiger partial charge on any atom is -0.387 e. The van der Waals surface area contributed by atoms with Gasteiger partial charge in [-0.2, -0.15) is 0 Å². The van der Waals surface area contributed by atoms with E-state index in [2.05, 4.69) is 57.4 Å². The normalized spacial score (nSPS) is 19.3. The van der Waals surface area contributed by atoms with Gasteiger partial charge in [0.2, 0.25) is 0 Å². The summed E-state index contributed by atoms with van der Waals surface area (Å²) in [6.45, 7) is 16.7. The van der Waals surface area contributed by atoms with Gasteiger partial charge in [-0.05, 0) is 80.6 Å². The van der Waals surface area contributed by atoms with Crippen LogP contribution in [-0.2, 0) is 0 Å². The number of nitrogens with zero attached hydrogens (tertiary/aromatic N) is 3. The summed E-state index contributed by atoms with van der Waals surface area (Å²) in [6, 6.07) is 6.61. The quantitative estimate of drug-likeness (QED) is 0.209. The molecule has 1 aliphatic heterocycles. The highest BCUT2D eigenvalue weighted by Gasteiger charge is 2.26. The van der Waals surface area contributed by atoms with E-state index in [-0.39, 0.29) is 0 Å². The van der Waals surface area contributed by atoms with Crippen molar-refractivity contribution in [3.63, 3.8) is 0 Å². The van der Waals surface area contributed by atoms with Crippen molar-refractivity contribution >= 4 is 17.4 Å². The summed E-state index contributed by atoms with van der Waals surface area (Å²) in [4.78, 5) is 12.4. The average Bonchev–Trinajstić information content (AvgIpc) is 3.52. The fraction of sp³-hybridized carbons (Fsp3) is 0.667. The second kappa shape index (κ2) is 13.2. The lowest BCUT2D eigenvalue weighted by Gasteiger charge is -2.26. The zero-order valence-corrected chi connectivity index (χ0v) is 22.3. The highest BCUT2D eigenvalue weighted by molar-refractivity contribution is 5.97. The number of likely N-dealkylation sites (tertiary alicyclic amines) is 1. The van der Waals surface area contributed by atoms with E-state index in [1.54, 1.807) is 0 Å². The average molecular weight is 465 g/mol. The maximum atomic E-state index is 6.18. The van der Waals surface area contributed by atoms with Gasteiger partial charge in [0.15, 0.2) is 0 Å². The van der Waals surface area contributed by atoms with Gasteiger partial charge in [0, 0.05) is 19.4 Å². The van der Waals surface area contributed by atoms with E-state index in [4.69, 9.17) is 15.7 Å². The van der Waals surface area contributed by atoms with Gasteiger partial charge in [-0.15, -0.1) is 0 Å². The first-order valence-electron chi connectivity index (χ1n) is 13.8. The SMILES string of the molecule is C=C(CC(CCC(N=C(N)CC)=Nc1ccc(C(C)C)cc1C)C1CCCC1)CN1CCCC1. The molecule has 1 atom stereocenters. The third-order valence-electron chi connectivity index (χ3n) is 7.77. The molecule has 4 nitrogen and oxygen atoms in total. The molecule has 1 saturated heterocycles. The Balaban J connectivity index is 1.73. The van der Waals surface area contributed by atoms with Crippen LogP contribution in [0.2, 0.25) is 0 Å². The molecule has 1 unspecified atom stereocenters. The van der Waals surface area contributed by atoms with Crippen molar-refractivity contribution in [3.05, 3.63) is 41.5 Å². The monoisotopic (exact) mass is 464 g/mol. The summed E-state index contributed by atoms with van der Waals surface area (Å²) < 4.78 is 0. The van der Waals surface area contributed by atoms with Gasteiger partial charge >= 0.3 is 0 Å². The molecule has 1 heterocycles. The van der Waals surface area contributed by atoms with Crippen molar-refractivity contribution in [2.45, 2.75) is 97.8 Å². The van der Waals surface area contributed by atoms with Gasteiger partial charge in [-0.1, -0.05) is 70.7 Å². The number of aliphatic imine (C=N–C) groups is 2. The van der Waals surface area contributed by atoms with Crippen molar-refractivity contribution < 1.29 is 0 Å². The van der Waals surface area contributed by atoms with Crippen LogP contribution in [0.1, 0.15) is 102 Å². The van der Waals surface area contributed by atoms with E-state index < -0.39 is 0 Å². The number of hydrogen-bond acceptors (Lipinski definition) is 2. The lowest BCUT2D eigenvalue weighted by molar-refractivity contribution is 0.302.